The molecule has 110 valence electrons. The van der Waals surface area contributed by atoms with Crippen molar-refractivity contribution in [1.82, 2.24) is 4.90 Å². The Labute approximate surface area is 119 Å². The molecular weight excluding hydrogens is 256 g/mol. The molecule has 1 saturated heterocycles. The molecule has 1 aromatic rings. The number of hydrogen-bond donors (Lipinski definition) is 1. The monoisotopic (exact) mass is 278 g/mol. The minimum atomic E-state index is -0.0324. The first-order valence-corrected chi connectivity index (χ1v) is 6.87. The van der Waals surface area contributed by atoms with Gasteiger partial charge in [0.25, 0.3) is 5.91 Å². The number of hydrogen-bond acceptors (Lipinski definition) is 4. The van der Waals surface area contributed by atoms with Gasteiger partial charge in [-0.05, 0) is 24.8 Å². The summed E-state index contributed by atoms with van der Waals surface area (Å²) in [6, 6.07) is 3.30. The minimum absolute atomic E-state index is 0.0324. The lowest BCUT2D eigenvalue weighted by Gasteiger charge is -2.31. The van der Waals surface area contributed by atoms with Crippen LogP contribution in [0.15, 0.2) is 12.1 Å². The lowest BCUT2D eigenvalue weighted by atomic mass is 9.99. The summed E-state index contributed by atoms with van der Waals surface area (Å²) in [5.41, 5.74) is 6.88. The number of likely N-dealkylation sites (tertiary alicyclic amines) is 1. The van der Waals surface area contributed by atoms with E-state index in [1.54, 1.807) is 26.4 Å². The summed E-state index contributed by atoms with van der Waals surface area (Å²) in [7, 11) is 3.09. The van der Waals surface area contributed by atoms with Gasteiger partial charge < -0.3 is 20.1 Å². The number of amides is 1. The first-order valence-electron chi connectivity index (χ1n) is 6.87. The van der Waals surface area contributed by atoms with E-state index in [0.717, 1.165) is 19.5 Å². The number of benzene rings is 1. The highest BCUT2D eigenvalue weighted by molar-refractivity contribution is 6.00. The zero-order valence-electron chi connectivity index (χ0n) is 12.3. The highest BCUT2D eigenvalue weighted by Gasteiger charge is 2.24. The quantitative estimate of drug-likeness (QED) is 0.860. The molecule has 1 fully saturated rings. The molecule has 2 N–H and O–H groups in total. The lowest BCUT2D eigenvalue weighted by molar-refractivity contribution is 0.0683. The second-order valence-electron chi connectivity index (χ2n) is 5.29. The van der Waals surface area contributed by atoms with E-state index in [-0.39, 0.29) is 5.91 Å². The third-order valence-electron chi connectivity index (χ3n) is 3.73. The second-order valence-corrected chi connectivity index (χ2v) is 5.29. The van der Waals surface area contributed by atoms with E-state index in [0.29, 0.717) is 28.7 Å². The van der Waals surface area contributed by atoms with Gasteiger partial charge in [-0.3, -0.25) is 4.79 Å². The number of nitrogens with zero attached hydrogens (tertiary/aromatic N) is 1. The molecule has 1 atom stereocenters. The van der Waals surface area contributed by atoms with E-state index in [1.165, 1.54) is 6.42 Å². The fourth-order valence-corrected chi connectivity index (χ4v) is 2.62. The van der Waals surface area contributed by atoms with E-state index in [4.69, 9.17) is 15.2 Å². The van der Waals surface area contributed by atoms with Gasteiger partial charge in [-0.1, -0.05) is 6.92 Å². The number of rotatable bonds is 3. The largest absolute Gasteiger partial charge is 0.493 e. The van der Waals surface area contributed by atoms with Crippen molar-refractivity contribution in [3.8, 4) is 11.5 Å². The highest BCUT2D eigenvalue weighted by Crippen LogP contribution is 2.33. The maximum atomic E-state index is 12.6. The Morgan fingerprint density at radius 2 is 1.95 bits per heavy atom. The normalized spacial score (nSPS) is 18.8. The number of ether oxygens (including phenoxy) is 2. The van der Waals surface area contributed by atoms with Crippen LogP contribution >= 0.6 is 0 Å². The summed E-state index contributed by atoms with van der Waals surface area (Å²) < 4.78 is 10.4. The molecule has 2 rings (SSSR count). The van der Waals surface area contributed by atoms with E-state index >= 15 is 0 Å². The molecule has 0 unspecified atom stereocenters. The highest BCUT2D eigenvalue weighted by atomic mass is 16.5. The maximum Gasteiger partial charge on any atom is 0.256 e. The molecule has 1 heterocycles. The van der Waals surface area contributed by atoms with Crippen molar-refractivity contribution in [2.24, 2.45) is 5.92 Å². The molecule has 20 heavy (non-hydrogen) atoms. The second kappa shape index (κ2) is 6.03. The van der Waals surface area contributed by atoms with Gasteiger partial charge >= 0.3 is 0 Å². The van der Waals surface area contributed by atoms with Crippen molar-refractivity contribution in [3.05, 3.63) is 17.7 Å². The van der Waals surface area contributed by atoms with Gasteiger partial charge in [-0.2, -0.15) is 0 Å². The van der Waals surface area contributed by atoms with Gasteiger partial charge in [-0.15, -0.1) is 0 Å². The molecule has 0 radical (unpaired) electrons. The van der Waals surface area contributed by atoms with Crippen LogP contribution in [0.3, 0.4) is 0 Å². The molecule has 5 heteroatoms. The minimum Gasteiger partial charge on any atom is -0.493 e. The third kappa shape index (κ3) is 2.81. The van der Waals surface area contributed by atoms with Gasteiger partial charge in [0.15, 0.2) is 11.5 Å². The van der Waals surface area contributed by atoms with Crippen LogP contribution in [0.4, 0.5) is 5.69 Å². The topological polar surface area (TPSA) is 64.8 Å². The Kier molecular flexibility index (Phi) is 4.37. The SMILES string of the molecule is COc1cc(N)c(C(=O)N2CCC[C@@H](C)C2)cc1OC. The Morgan fingerprint density at radius 1 is 1.30 bits per heavy atom. The predicted molar refractivity (Wildman–Crippen MR) is 78.3 cm³/mol. The van der Waals surface area contributed by atoms with Crippen molar-refractivity contribution in [2.75, 3.05) is 33.0 Å². The molecule has 1 aliphatic rings. The number of nitrogen functional groups attached to an aromatic ring is 1. The molecule has 0 aromatic heterocycles. The van der Waals surface area contributed by atoms with Crippen LogP contribution in [0.1, 0.15) is 30.1 Å². The fraction of sp³-hybridized carbons (Fsp3) is 0.533. The van der Waals surface area contributed by atoms with E-state index < -0.39 is 0 Å². The maximum absolute atomic E-state index is 12.6. The molecule has 1 aromatic carbocycles. The molecule has 5 nitrogen and oxygen atoms in total. The molecular formula is C15H22N2O3. The van der Waals surface area contributed by atoms with Crippen molar-refractivity contribution < 1.29 is 14.3 Å². The summed E-state index contributed by atoms with van der Waals surface area (Å²) in [5, 5.41) is 0. The van der Waals surface area contributed by atoms with E-state index in [2.05, 4.69) is 6.92 Å². The number of methoxy groups -OCH3 is 2. The molecule has 1 aliphatic heterocycles. The number of piperidine rings is 1. The summed E-state index contributed by atoms with van der Waals surface area (Å²) in [6.45, 7) is 3.74. The van der Waals surface area contributed by atoms with Crippen molar-refractivity contribution in [2.45, 2.75) is 19.8 Å². The van der Waals surface area contributed by atoms with E-state index in [9.17, 15) is 4.79 Å². The average Bonchev–Trinajstić information content (AvgIpc) is 2.46. The van der Waals surface area contributed by atoms with Gasteiger partial charge in [0.05, 0.1) is 19.8 Å². The van der Waals surface area contributed by atoms with Crippen LogP contribution in [0.5, 0.6) is 11.5 Å². The van der Waals surface area contributed by atoms with Crippen molar-refractivity contribution in [3.63, 3.8) is 0 Å². The van der Waals surface area contributed by atoms with Crippen molar-refractivity contribution in [1.29, 1.82) is 0 Å². The zero-order chi connectivity index (χ0) is 14.7. The van der Waals surface area contributed by atoms with Gasteiger partial charge in [0, 0.05) is 24.8 Å². The predicted octanol–water partition coefficient (Wildman–Crippen LogP) is 2.16. The molecule has 0 bridgehead atoms. The van der Waals surface area contributed by atoms with E-state index in [1.807, 2.05) is 4.90 Å². The fourth-order valence-electron chi connectivity index (χ4n) is 2.62. The summed E-state index contributed by atoms with van der Waals surface area (Å²) in [4.78, 5) is 14.5. The summed E-state index contributed by atoms with van der Waals surface area (Å²) >= 11 is 0. The first kappa shape index (κ1) is 14.5. The van der Waals surface area contributed by atoms with Crippen LogP contribution in [0, 0.1) is 5.92 Å². The number of anilines is 1. The van der Waals surface area contributed by atoms with Crippen LogP contribution in [-0.4, -0.2) is 38.1 Å². The van der Waals surface area contributed by atoms with Crippen LogP contribution in [0.25, 0.3) is 0 Å². The zero-order valence-corrected chi connectivity index (χ0v) is 12.3. The van der Waals surface area contributed by atoms with Gasteiger partial charge in [0.2, 0.25) is 0 Å². The summed E-state index contributed by atoms with van der Waals surface area (Å²) in [5.74, 6) is 1.56. The third-order valence-corrected chi connectivity index (χ3v) is 3.73. The number of nitrogens with two attached hydrogens (primary N) is 1. The number of carbonyl (C=O) groups is 1. The Balaban J connectivity index is 2.29. The first-order chi connectivity index (χ1) is 9.56. The molecule has 0 aliphatic carbocycles. The number of carbonyl (C=O) groups excluding carboxylic acids is 1. The Bertz CT molecular complexity index is 502. The van der Waals surface area contributed by atoms with Gasteiger partial charge in [0.1, 0.15) is 0 Å². The lowest BCUT2D eigenvalue weighted by Crippen LogP contribution is -2.39. The van der Waals surface area contributed by atoms with Crippen LogP contribution in [-0.2, 0) is 0 Å². The summed E-state index contributed by atoms with van der Waals surface area (Å²) in [6.07, 6.45) is 2.21. The average molecular weight is 278 g/mol. The van der Waals surface area contributed by atoms with Gasteiger partial charge in [-0.25, -0.2) is 0 Å². The van der Waals surface area contributed by atoms with Crippen molar-refractivity contribution >= 4 is 11.6 Å². The van der Waals surface area contributed by atoms with Crippen LogP contribution in [0.2, 0.25) is 0 Å². The molecule has 1 amide bonds. The van der Waals surface area contributed by atoms with Crippen LogP contribution < -0.4 is 15.2 Å². The molecule has 0 spiro atoms. The Morgan fingerprint density at radius 3 is 2.55 bits per heavy atom. The Hall–Kier alpha value is -1.91. The smallest absolute Gasteiger partial charge is 0.256 e. The standard InChI is InChI=1S/C15H22N2O3/c1-10-5-4-6-17(9-10)15(18)11-7-13(19-2)14(20-3)8-12(11)16/h7-8,10H,4-6,9,16H2,1-3H3/t10-/m1/s1. The molecule has 0 saturated carbocycles.